The fraction of sp³-hybridized carbons (Fsp3) is 0.913. The summed E-state index contributed by atoms with van der Waals surface area (Å²) in [4.78, 5) is 0. The Balaban J connectivity index is 0.000000324. The second-order valence-corrected chi connectivity index (χ2v) is 9.22. The average molecular weight is 349 g/mol. The van der Waals surface area contributed by atoms with Crippen LogP contribution in [0.1, 0.15) is 85.0 Å². The van der Waals surface area contributed by atoms with Crippen LogP contribution in [0.5, 0.6) is 0 Å². The topological polar surface area (TPSA) is 29.5 Å². The van der Waals surface area contributed by atoms with Crippen LogP contribution in [0, 0.1) is 28.6 Å². The largest absolute Gasteiger partial charge is 0.395 e. The number of aliphatic hydroxyl groups excluding tert-OH is 1. The first-order valence-electron chi connectivity index (χ1n) is 11.0. The highest BCUT2D eigenvalue weighted by Gasteiger charge is 2.56. The molecule has 4 aliphatic carbocycles. The van der Waals surface area contributed by atoms with E-state index in [2.05, 4.69) is 13.0 Å². The summed E-state index contributed by atoms with van der Waals surface area (Å²) in [6, 6.07) is 0. The molecule has 25 heavy (non-hydrogen) atoms. The third kappa shape index (κ3) is 3.46. The molecule has 0 saturated heterocycles. The minimum Gasteiger partial charge on any atom is -0.395 e. The second kappa shape index (κ2) is 8.13. The van der Waals surface area contributed by atoms with Crippen molar-refractivity contribution in [3.63, 3.8) is 0 Å². The van der Waals surface area contributed by atoms with E-state index in [4.69, 9.17) is 4.74 Å². The summed E-state index contributed by atoms with van der Waals surface area (Å²) >= 11 is 0. The van der Waals surface area contributed by atoms with Crippen molar-refractivity contribution in [3.8, 4) is 0 Å². The van der Waals surface area contributed by atoms with Gasteiger partial charge in [-0.05, 0) is 94.8 Å². The standard InChI is InChI=1S/C19H30O.C4H10O/c1-18-10-4-6-16(18)15-8-7-14-5-2-3-11-19(14,13-20)17(15)9-12-18;1-3-5-4-2/h5,15-17,20H,2-4,6-13H2,1H3;3-4H2,1-2H3/t15-,16-,17-,18-,19+;/m0./s1. The Hall–Kier alpha value is -0.340. The lowest BCUT2D eigenvalue weighted by Gasteiger charge is -2.58. The third-order valence-corrected chi connectivity index (χ3v) is 8.22. The molecule has 0 amide bonds. The van der Waals surface area contributed by atoms with Gasteiger partial charge in [0.2, 0.25) is 0 Å². The Bertz CT molecular complexity index is 469. The number of rotatable bonds is 3. The van der Waals surface area contributed by atoms with E-state index < -0.39 is 0 Å². The van der Waals surface area contributed by atoms with Crippen molar-refractivity contribution in [2.75, 3.05) is 19.8 Å². The number of allylic oxidation sites excluding steroid dienone is 1. The number of ether oxygens (including phenoxy) is 1. The summed E-state index contributed by atoms with van der Waals surface area (Å²) in [5, 5.41) is 10.3. The zero-order chi connectivity index (χ0) is 17.9. The summed E-state index contributed by atoms with van der Waals surface area (Å²) in [6.45, 7) is 8.65. The normalized spacial score (nSPS) is 42.4. The highest BCUT2D eigenvalue weighted by Crippen LogP contribution is 2.65. The molecule has 5 atom stereocenters. The first-order valence-corrected chi connectivity index (χ1v) is 11.0. The van der Waals surface area contributed by atoms with E-state index in [9.17, 15) is 5.11 Å². The predicted octanol–water partition coefficient (Wildman–Crippen LogP) is 5.74. The average Bonchev–Trinajstić information content (AvgIpc) is 3.04. The van der Waals surface area contributed by atoms with Crippen molar-refractivity contribution in [1.29, 1.82) is 0 Å². The van der Waals surface area contributed by atoms with Gasteiger partial charge in [0.05, 0.1) is 6.61 Å². The molecule has 144 valence electrons. The number of hydrogen-bond donors (Lipinski definition) is 1. The molecular weight excluding hydrogens is 308 g/mol. The van der Waals surface area contributed by atoms with Gasteiger partial charge in [-0.3, -0.25) is 0 Å². The lowest BCUT2D eigenvalue weighted by atomic mass is 9.47. The SMILES string of the molecule is CCOCC.C[C@@]12CCC[C@H]1[C@@H]1CCC3=CCCC[C@]3(CO)[C@H]1CC2. The molecule has 4 aliphatic rings. The molecule has 4 rings (SSSR count). The van der Waals surface area contributed by atoms with Crippen molar-refractivity contribution in [3.05, 3.63) is 11.6 Å². The van der Waals surface area contributed by atoms with E-state index in [1.165, 1.54) is 64.2 Å². The van der Waals surface area contributed by atoms with Crippen LogP contribution in [0.3, 0.4) is 0 Å². The van der Waals surface area contributed by atoms with Crippen molar-refractivity contribution < 1.29 is 9.84 Å². The van der Waals surface area contributed by atoms with Crippen molar-refractivity contribution >= 4 is 0 Å². The fourth-order valence-corrected chi connectivity index (χ4v) is 7.03. The summed E-state index contributed by atoms with van der Waals surface area (Å²) < 4.78 is 4.83. The van der Waals surface area contributed by atoms with Crippen LogP contribution >= 0.6 is 0 Å². The molecule has 0 aromatic rings. The number of fused-ring (bicyclic) bond motifs is 5. The maximum Gasteiger partial charge on any atom is 0.0527 e. The van der Waals surface area contributed by atoms with Crippen LogP contribution in [0.4, 0.5) is 0 Å². The molecule has 0 bridgehead atoms. The monoisotopic (exact) mass is 348 g/mol. The van der Waals surface area contributed by atoms with Gasteiger partial charge in [0.15, 0.2) is 0 Å². The third-order valence-electron chi connectivity index (χ3n) is 8.22. The first kappa shape index (κ1) is 19.4. The zero-order valence-electron chi connectivity index (χ0n) is 16.9. The summed E-state index contributed by atoms with van der Waals surface area (Å²) in [6.07, 6.45) is 16.2. The Labute approximate surface area is 155 Å². The Morgan fingerprint density at radius 1 is 1.04 bits per heavy atom. The predicted molar refractivity (Wildman–Crippen MR) is 105 cm³/mol. The van der Waals surface area contributed by atoms with E-state index in [0.717, 1.165) is 31.0 Å². The number of aliphatic hydroxyl groups is 1. The Morgan fingerprint density at radius 2 is 1.84 bits per heavy atom. The smallest absolute Gasteiger partial charge is 0.0527 e. The van der Waals surface area contributed by atoms with Crippen LogP contribution in [0.25, 0.3) is 0 Å². The highest BCUT2D eigenvalue weighted by atomic mass is 16.5. The fourth-order valence-electron chi connectivity index (χ4n) is 7.03. The molecule has 0 radical (unpaired) electrons. The van der Waals surface area contributed by atoms with Gasteiger partial charge in [0.1, 0.15) is 0 Å². The van der Waals surface area contributed by atoms with Crippen LogP contribution in [0.15, 0.2) is 11.6 Å². The Morgan fingerprint density at radius 3 is 2.52 bits per heavy atom. The van der Waals surface area contributed by atoms with Gasteiger partial charge in [-0.1, -0.05) is 25.0 Å². The summed E-state index contributed by atoms with van der Waals surface area (Å²) in [5.41, 5.74) is 2.49. The molecule has 3 saturated carbocycles. The van der Waals surface area contributed by atoms with Crippen LogP contribution in [-0.2, 0) is 4.74 Å². The minimum absolute atomic E-state index is 0.199. The van der Waals surface area contributed by atoms with Gasteiger partial charge in [-0.25, -0.2) is 0 Å². The molecule has 0 heterocycles. The second-order valence-electron chi connectivity index (χ2n) is 9.22. The molecule has 2 heteroatoms. The van der Waals surface area contributed by atoms with Gasteiger partial charge in [-0.15, -0.1) is 0 Å². The lowest BCUT2D eigenvalue weighted by Crippen LogP contribution is -2.51. The highest BCUT2D eigenvalue weighted by molar-refractivity contribution is 5.24. The van der Waals surface area contributed by atoms with E-state index >= 15 is 0 Å². The zero-order valence-corrected chi connectivity index (χ0v) is 16.9. The van der Waals surface area contributed by atoms with Crippen LogP contribution < -0.4 is 0 Å². The van der Waals surface area contributed by atoms with E-state index in [0.29, 0.717) is 12.0 Å². The van der Waals surface area contributed by atoms with E-state index in [-0.39, 0.29) is 5.41 Å². The molecule has 0 aliphatic heterocycles. The summed E-state index contributed by atoms with van der Waals surface area (Å²) in [7, 11) is 0. The van der Waals surface area contributed by atoms with Gasteiger partial charge >= 0.3 is 0 Å². The van der Waals surface area contributed by atoms with Crippen LogP contribution in [-0.4, -0.2) is 24.9 Å². The van der Waals surface area contributed by atoms with Crippen LogP contribution in [0.2, 0.25) is 0 Å². The van der Waals surface area contributed by atoms with Gasteiger partial charge in [-0.2, -0.15) is 0 Å². The Kier molecular flexibility index (Phi) is 6.31. The van der Waals surface area contributed by atoms with Crippen molar-refractivity contribution in [1.82, 2.24) is 0 Å². The van der Waals surface area contributed by atoms with E-state index in [1.54, 1.807) is 5.57 Å². The molecule has 0 aromatic heterocycles. The maximum atomic E-state index is 10.3. The lowest BCUT2D eigenvalue weighted by molar-refractivity contribution is -0.0638. The molecule has 1 N–H and O–H groups in total. The van der Waals surface area contributed by atoms with Gasteiger partial charge in [0, 0.05) is 18.6 Å². The first-order chi connectivity index (χ1) is 12.1. The van der Waals surface area contributed by atoms with Gasteiger partial charge in [0.25, 0.3) is 0 Å². The molecule has 2 nitrogen and oxygen atoms in total. The summed E-state index contributed by atoms with van der Waals surface area (Å²) in [5.74, 6) is 2.68. The molecule has 0 aromatic carbocycles. The minimum atomic E-state index is 0.199. The van der Waals surface area contributed by atoms with E-state index in [1.807, 2.05) is 13.8 Å². The number of hydrogen-bond acceptors (Lipinski definition) is 2. The molecular formula is C23H40O2. The maximum absolute atomic E-state index is 10.3. The molecule has 0 spiro atoms. The van der Waals surface area contributed by atoms with Crippen molar-refractivity contribution in [2.24, 2.45) is 28.6 Å². The van der Waals surface area contributed by atoms with Crippen molar-refractivity contribution in [2.45, 2.75) is 85.0 Å². The van der Waals surface area contributed by atoms with Gasteiger partial charge < -0.3 is 9.84 Å². The molecule has 3 fully saturated rings. The molecule has 0 unspecified atom stereocenters. The quantitative estimate of drug-likeness (QED) is 0.659.